The zero-order chi connectivity index (χ0) is 47.9. The smallest absolute Gasteiger partial charge is 0.305 e. The van der Waals surface area contributed by atoms with Crippen LogP contribution in [0.25, 0.3) is 0 Å². The molecule has 6 nitrogen and oxygen atoms in total. The number of hydrogen-bond acceptors (Lipinski definition) is 5. The lowest BCUT2D eigenvalue weighted by Gasteiger charge is -2.20. The lowest BCUT2D eigenvalue weighted by Crippen LogP contribution is -2.45. The van der Waals surface area contributed by atoms with Gasteiger partial charge in [-0.15, -0.1) is 0 Å². The monoisotopic (exact) mass is 930 g/mol. The van der Waals surface area contributed by atoms with Crippen molar-refractivity contribution in [3.05, 3.63) is 24.3 Å². The van der Waals surface area contributed by atoms with Crippen LogP contribution >= 0.6 is 0 Å². The molecule has 0 saturated heterocycles. The number of unbranched alkanes of at least 4 members (excludes halogenated alkanes) is 42. The number of aliphatic hydroxyl groups excluding tert-OH is 2. The molecule has 0 bridgehead atoms. The average molecular weight is 931 g/mol. The summed E-state index contributed by atoms with van der Waals surface area (Å²) in [5, 5.41) is 23.2. The minimum Gasteiger partial charge on any atom is -0.466 e. The zero-order valence-electron chi connectivity index (χ0n) is 44.4. The summed E-state index contributed by atoms with van der Waals surface area (Å²) in [7, 11) is 0. The molecule has 0 rings (SSSR count). The molecule has 0 fully saturated rings. The maximum atomic E-state index is 12.5. The first-order valence-corrected chi connectivity index (χ1v) is 29.6. The third-order valence-corrected chi connectivity index (χ3v) is 13.7. The fraction of sp³-hybridized carbons (Fsp3) is 0.900. The summed E-state index contributed by atoms with van der Waals surface area (Å²) in [6, 6.07) is -0.649. The van der Waals surface area contributed by atoms with Crippen LogP contribution in [0.4, 0.5) is 0 Å². The van der Waals surface area contributed by atoms with Crippen LogP contribution in [-0.2, 0) is 14.3 Å². The van der Waals surface area contributed by atoms with Crippen molar-refractivity contribution in [3.8, 4) is 0 Å². The van der Waals surface area contributed by atoms with Crippen molar-refractivity contribution in [2.45, 2.75) is 334 Å². The summed E-state index contributed by atoms with van der Waals surface area (Å²) in [4.78, 5) is 24.5. The van der Waals surface area contributed by atoms with E-state index in [1.165, 1.54) is 212 Å². The number of carbonyl (C=O) groups is 2. The van der Waals surface area contributed by atoms with Gasteiger partial charge in [0.15, 0.2) is 0 Å². The minimum atomic E-state index is -0.863. The van der Waals surface area contributed by atoms with Gasteiger partial charge in [0.05, 0.1) is 25.4 Å². The number of aliphatic hydroxyl groups is 2. The van der Waals surface area contributed by atoms with Gasteiger partial charge in [-0.2, -0.15) is 0 Å². The molecule has 1 amide bonds. The van der Waals surface area contributed by atoms with Gasteiger partial charge in [-0.1, -0.05) is 276 Å². The van der Waals surface area contributed by atoms with Crippen molar-refractivity contribution < 1.29 is 24.5 Å². The number of amides is 1. The molecule has 0 aromatic carbocycles. The molecule has 0 saturated carbocycles. The quantitative estimate of drug-likeness (QED) is 0.0321. The van der Waals surface area contributed by atoms with Crippen LogP contribution < -0.4 is 5.32 Å². The Hall–Kier alpha value is -1.66. The van der Waals surface area contributed by atoms with Crippen LogP contribution in [0.3, 0.4) is 0 Å². The molecule has 390 valence electrons. The first-order valence-electron chi connectivity index (χ1n) is 29.6. The van der Waals surface area contributed by atoms with E-state index in [0.717, 1.165) is 83.5 Å². The largest absolute Gasteiger partial charge is 0.466 e. The SMILES string of the molecule is CCCCCCCCCCCCCCCCCCCCCC/C=C/C(O)C(CO)NC(=O)CCCCCCC/C=C\CCCCOC(=O)CCCCCCCCCCCCCCCCCC. The van der Waals surface area contributed by atoms with E-state index in [4.69, 9.17) is 4.74 Å². The van der Waals surface area contributed by atoms with Gasteiger partial charge in [-0.3, -0.25) is 9.59 Å². The van der Waals surface area contributed by atoms with E-state index < -0.39 is 12.1 Å². The molecule has 2 atom stereocenters. The number of rotatable bonds is 55. The Morgan fingerprint density at radius 3 is 1.08 bits per heavy atom. The second-order valence-electron chi connectivity index (χ2n) is 20.3. The van der Waals surface area contributed by atoms with E-state index in [0.29, 0.717) is 19.4 Å². The van der Waals surface area contributed by atoms with E-state index in [1.54, 1.807) is 6.08 Å². The molecule has 0 aromatic rings. The van der Waals surface area contributed by atoms with E-state index >= 15 is 0 Å². The Labute approximate surface area is 411 Å². The summed E-state index contributed by atoms with van der Waals surface area (Å²) >= 11 is 0. The number of ether oxygens (including phenoxy) is 1. The standard InChI is InChI=1S/C60H115NO5/c1-3-5-7-9-11-13-15-17-19-21-22-23-24-25-26-27-29-32-36-40-44-48-52-58(63)57(56-62)61-59(64)53-49-45-41-37-33-31-35-39-43-47-51-55-66-60(65)54-50-46-42-38-34-30-28-20-18-16-14-12-10-8-6-4-2/h35,39,48,52,57-58,62-63H,3-34,36-38,40-47,49-51,53-56H2,1-2H3,(H,61,64)/b39-35-,52-48+. The molecule has 0 heterocycles. The van der Waals surface area contributed by atoms with Crippen molar-refractivity contribution >= 4 is 11.9 Å². The van der Waals surface area contributed by atoms with Crippen LogP contribution in [0.5, 0.6) is 0 Å². The Kier molecular flexibility index (Phi) is 54.5. The molecule has 3 N–H and O–H groups in total. The van der Waals surface area contributed by atoms with Gasteiger partial charge in [-0.05, 0) is 57.8 Å². The molecule has 0 spiro atoms. The second-order valence-corrected chi connectivity index (χ2v) is 20.3. The molecule has 66 heavy (non-hydrogen) atoms. The van der Waals surface area contributed by atoms with Crippen molar-refractivity contribution in [3.63, 3.8) is 0 Å². The number of nitrogens with one attached hydrogen (secondary N) is 1. The highest BCUT2D eigenvalue weighted by Crippen LogP contribution is 2.17. The van der Waals surface area contributed by atoms with E-state index in [1.807, 2.05) is 6.08 Å². The van der Waals surface area contributed by atoms with Gasteiger partial charge >= 0.3 is 5.97 Å². The van der Waals surface area contributed by atoms with Crippen molar-refractivity contribution in [2.24, 2.45) is 0 Å². The first kappa shape index (κ1) is 64.3. The van der Waals surface area contributed by atoms with E-state index in [9.17, 15) is 19.8 Å². The fourth-order valence-corrected chi connectivity index (χ4v) is 9.16. The van der Waals surface area contributed by atoms with Gasteiger partial charge in [0, 0.05) is 12.8 Å². The Bertz CT molecular complexity index is 1030. The van der Waals surface area contributed by atoms with Crippen LogP contribution in [0.2, 0.25) is 0 Å². The zero-order valence-corrected chi connectivity index (χ0v) is 44.4. The normalized spacial score (nSPS) is 12.7. The maximum Gasteiger partial charge on any atom is 0.305 e. The van der Waals surface area contributed by atoms with Crippen LogP contribution in [0.15, 0.2) is 24.3 Å². The molecule has 0 radical (unpaired) electrons. The molecule has 0 aromatic heterocycles. The lowest BCUT2D eigenvalue weighted by molar-refractivity contribution is -0.143. The highest BCUT2D eigenvalue weighted by molar-refractivity contribution is 5.76. The highest BCUT2D eigenvalue weighted by Gasteiger charge is 2.18. The van der Waals surface area contributed by atoms with E-state index in [2.05, 4.69) is 31.3 Å². The molecule has 0 aliphatic rings. The molecular formula is C60H115NO5. The summed E-state index contributed by atoms with van der Waals surface area (Å²) in [6.07, 6.45) is 67.8. The maximum absolute atomic E-state index is 12.5. The Morgan fingerprint density at radius 2 is 0.712 bits per heavy atom. The first-order chi connectivity index (χ1) is 32.5. The summed E-state index contributed by atoms with van der Waals surface area (Å²) in [5.41, 5.74) is 0. The van der Waals surface area contributed by atoms with Crippen LogP contribution in [0.1, 0.15) is 322 Å². The lowest BCUT2D eigenvalue weighted by atomic mass is 10.0. The summed E-state index contributed by atoms with van der Waals surface area (Å²) < 4.78 is 5.45. The molecule has 0 aliphatic heterocycles. The summed E-state index contributed by atoms with van der Waals surface area (Å²) in [5.74, 6) is -0.123. The number of hydrogen-bond donors (Lipinski definition) is 3. The Balaban J connectivity index is 3.52. The van der Waals surface area contributed by atoms with E-state index in [-0.39, 0.29) is 18.5 Å². The topological polar surface area (TPSA) is 95.9 Å². The predicted octanol–water partition coefficient (Wildman–Crippen LogP) is 18.2. The third-order valence-electron chi connectivity index (χ3n) is 13.7. The van der Waals surface area contributed by atoms with Crippen molar-refractivity contribution in [2.75, 3.05) is 13.2 Å². The van der Waals surface area contributed by atoms with Gasteiger partial charge in [0.2, 0.25) is 5.91 Å². The minimum absolute atomic E-state index is 0.0289. The molecular weight excluding hydrogens is 815 g/mol. The highest BCUT2D eigenvalue weighted by atomic mass is 16.5. The number of esters is 1. The van der Waals surface area contributed by atoms with Crippen LogP contribution in [0, 0.1) is 0 Å². The van der Waals surface area contributed by atoms with Gasteiger partial charge < -0.3 is 20.3 Å². The van der Waals surface area contributed by atoms with Crippen molar-refractivity contribution in [1.29, 1.82) is 0 Å². The van der Waals surface area contributed by atoms with Gasteiger partial charge in [-0.25, -0.2) is 0 Å². The fourth-order valence-electron chi connectivity index (χ4n) is 9.16. The number of allylic oxidation sites excluding steroid dienone is 3. The second kappa shape index (κ2) is 55.9. The Morgan fingerprint density at radius 1 is 0.409 bits per heavy atom. The van der Waals surface area contributed by atoms with Gasteiger partial charge in [0.1, 0.15) is 0 Å². The molecule has 0 aliphatic carbocycles. The third kappa shape index (κ3) is 51.7. The predicted molar refractivity (Wildman–Crippen MR) is 287 cm³/mol. The van der Waals surface area contributed by atoms with Gasteiger partial charge in [0.25, 0.3) is 0 Å². The van der Waals surface area contributed by atoms with Crippen molar-refractivity contribution in [1.82, 2.24) is 5.32 Å². The molecule has 6 heteroatoms. The van der Waals surface area contributed by atoms with Crippen LogP contribution in [-0.4, -0.2) is 47.4 Å². The average Bonchev–Trinajstić information content (AvgIpc) is 3.32. The number of carbonyl (C=O) groups excluding carboxylic acids is 2. The summed E-state index contributed by atoms with van der Waals surface area (Å²) in [6.45, 7) is 4.85. The molecule has 2 unspecified atom stereocenters.